The quantitative estimate of drug-likeness (QED) is 0.648. The summed E-state index contributed by atoms with van der Waals surface area (Å²) in [6.45, 7) is 6.90. The van der Waals surface area contributed by atoms with Crippen LogP contribution in [-0.2, 0) is 4.74 Å². The van der Waals surface area contributed by atoms with E-state index in [2.05, 4.69) is 10.2 Å². The van der Waals surface area contributed by atoms with Crippen LogP contribution in [0, 0.1) is 0 Å². The molecule has 21 heavy (non-hydrogen) atoms. The van der Waals surface area contributed by atoms with Crippen LogP contribution in [0.25, 0.3) is 0 Å². The molecule has 1 fully saturated rings. The SMILES string of the molecule is CCOC(=O)c1c(N2CCCNCC2)sc(C(C)=O)c1N. The molecule has 2 rings (SSSR count). The van der Waals surface area contributed by atoms with Gasteiger partial charge in [0, 0.05) is 26.6 Å². The third-order valence-corrected chi connectivity index (χ3v) is 4.72. The van der Waals surface area contributed by atoms with Gasteiger partial charge in [0.05, 0.1) is 17.2 Å². The number of nitrogens with one attached hydrogen (secondary N) is 1. The summed E-state index contributed by atoms with van der Waals surface area (Å²) in [5.41, 5.74) is 6.62. The van der Waals surface area contributed by atoms with Crippen LogP contribution in [0.2, 0.25) is 0 Å². The van der Waals surface area contributed by atoms with E-state index in [9.17, 15) is 9.59 Å². The zero-order chi connectivity index (χ0) is 15.4. The van der Waals surface area contributed by atoms with E-state index in [0.29, 0.717) is 10.4 Å². The second kappa shape index (κ2) is 6.91. The smallest absolute Gasteiger partial charge is 0.343 e. The highest BCUT2D eigenvalue weighted by Gasteiger charge is 2.28. The lowest BCUT2D eigenvalue weighted by Crippen LogP contribution is -2.28. The van der Waals surface area contributed by atoms with Crippen molar-refractivity contribution in [1.82, 2.24) is 5.32 Å². The number of carbonyl (C=O) groups is 2. The molecule has 0 atom stereocenters. The molecule has 116 valence electrons. The number of anilines is 2. The van der Waals surface area contributed by atoms with Crippen molar-refractivity contribution in [2.75, 3.05) is 43.4 Å². The molecule has 7 heteroatoms. The van der Waals surface area contributed by atoms with E-state index in [0.717, 1.165) is 37.6 Å². The number of thiophene rings is 1. The molecule has 0 unspecified atom stereocenters. The van der Waals surface area contributed by atoms with Crippen LogP contribution >= 0.6 is 11.3 Å². The Morgan fingerprint density at radius 1 is 1.38 bits per heavy atom. The summed E-state index contributed by atoms with van der Waals surface area (Å²) < 4.78 is 5.10. The maximum atomic E-state index is 12.2. The highest BCUT2D eigenvalue weighted by molar-refractivity contribution is 7.19. The Morgan fingerprint density at radius 2 is 2.14 bits per heavy atom. The molecule has 1 aromatic rings. The summed E-state index contributed by atoms with van der Waals surface area (Å²) in [7, 11) is 0. The Labute approximate surface area is 128 Å². The molecule has 0 aromatic carbocycles. The van der Waals surface area contributed by atoms with Crippen molar-refractivity contribution in [2.24, 2.45) is 0 Å². The van der Waals surface area contributed by atoms with Crippen molar-refractivity contribution < 1.29 is 14.3 Å². The maximum Gasteiger partial charge on any atom is 0.343 e. The predicted octanol–water partition coefficient (Wildman–Crippen LogP) is 1.51. The van der Waals surface area contributed by atoms with Crippen LogP contribution in [0.5, 0.6) is 0 Å². The molecular weight excluding hydrogens is 290 g/mol. The van der Waals surface area contributed by atoms with Gasteiger partial charge in [-0.2, -0.15) is 0 Å². The number of nitrogen functional groups attached to an aromatic ring is 1. The van der Waals surface area contributed by atoms with Crippen molar-refractivity contribution in [2.45, 2.75) is 20.3 Å². The Bertz CT molecular complexity index is 534. The number of nitrogens with zero attached hydrogens (tertiary/aromatic N) is 1. The van der Waals surface area contributed by atoms with Crippen LogP contribution in [-0.4, -0.2) is 44.5 Å². The number of carbonyl (C=O) groups excluding carboxylic acids is 2. The minimum absolute atomic E-state index is 0.123. The number of Topliss-reactive ketones (excluding diaryl/α,β-unsaturated/α-hetero) is 1. The average Bonchev–Trinajstić information content (AvgIpc) is 2.63. The van der Waals surface area contributed by atoms with E-state index < -0.39 is 5.97 Å². The van der Waals surface area contributed by atoms with Gasteiger partial charge in [-0.05, 0) is 19.9 Å². The van der Waals surface area contributed by atoms with Gasteiger partial charge < -0.3 is 20.7 Å². The molecule has 0 spiro atoms. The second-order valence-electron chi connectivity index (χ2n) is 4.89. The minimum atomic E-state index is -0.453. The Morgan fingerprint density at radius 3 is 2.81 bits per heavy atom. The van der Waals surface area contributed by atoms with Gasteiger partial charge >= 0.3 is 5.97 Å². The van der Waals surface area contributed by atoms with Gasteiger partial charge in [0.15, 0.2) is 5.78 Å². The van der Waals surface area contributed by atoms with Crippen LogP contribution in [0.4, 0.5) is 10.7 Å². The van der Waals surface area contributed by atoms with Crippen molar-refractivity contribution >= 4 is 33.8 Å². The van der Waals surface area contributed by atoms with Gasteiger partial charge in [-0.15, -0.1) is 11.3 Å². The summed E-state index contributed by atoms with van der Waals surface area (Å²) in [6.07, 6.45) is 0.982. The molecule has 6 nitrogen and oxygen atoms in total. The van der Waals surface area contributed by atoms with E-state index in [-0.39, 0.29) is 18.1 Å². The number of ether oxygens (including phenoxy) is 1. The topological polar surface area (TPSA) is 84.7 Å². The fraction of sp³-hybridized carbons (Fsp3) is 0.571. The molecule has 0 bridgehead atoms. The summed E-state index contributed by atoms with van der Waals surface area (Å²) >= 11 is 1.29. The fourth-order valence-corrected chi connectivity index (χ4v) is 3.52. The van der Waals surface area contributed by atoms with Gasteiger partial charge in [-0.3, -0.25) is 4.79 Å². The van der Waals surface area contributed by atoms with Crippen LogP contribution in [0.1, 0.15) is 40.3 Å². The van der Waals surface area contributed by atoms with Crippen LogP contribution < -0.4 is 16.0 Å². The first kappa shape index (κ1) is 15.8. The molecule has 3 N–H and O–H groups in total. The van der Waals surface area contributed by atoms with E-state index in [4.69, 9.17) is 10.5 Å². The van der Waals surface area contributed by atoms with E-state index in [1.807, 2.05) is 0 Å². The lowest BCUT2D eigenvalue weighted by atomic mass is 10.2. The standard InChI is InChI=1S/C14H21N3O3S/c1-3-20-14(19)10-11(15)12(9(2)18)21-13(10)17-7-4-5-16-6-8-17/h16H,3-8,15H2,1-2H3. The normalized spacial score (nSPS) is 15.6. The highest BCUT2D eigenvalue weighted by Crippen LogP contribution is 2.39. The van der Waals surface area contributed by atoms with E-state index in [1.165, 1.54) is 18.3 Å². The van der Waals surface area contributed by atoms with Crippen molar-refractivity contribution in [1.29, 1.82) is 0 Å². The summed E-state index contributed by atoms with van der Waals surface area (Å²) in [6, 6.07) is 0. The Hall–Kier alpha value is -1.60. The highest BCUT2D eigenvalue weighted by atomic mass is 32.1. The number of esters is 1. The molecule has 0 saturated carbocycles. The van der Waals surface area contributed by atoms with E-state index in [1.54, 1.807) is 6.92 Å². The number of rotatable bonds is 4. The Kier molecular flexibility index (Phi) is 5.19. The van der Waals surface area contributed by atoms with Gasteiger partial charge in [0.25, 0.3) is 0 Å². The first-order chi connectivity index (χ1) is 10.1. The van der Waals surface area contributed by atoms with E-state index >= 15 is 0 Å². The molecule has 1 aliphatic rings. The molecule has 0 radical (unpaired) electrons. The van der Waals surface area contributed by atoms with Crippen molar-refractivity contribution in [3.8, 4) is 0 Å². The van der Waals surface area contributed by atoms with Gasteiger partial charge in [0.1, 0.15) is 10.6 Å². The second-order valence-corrected chi connectivity index (χ2v) is 5.89. The average molecular weight is 311 g/mol. The predicted molar refractivity (Wildman–Crippen MR) is 84.4 cm³/mol. The molecule has 1 aliphatic heterocycles. The molecule has 1 aromatic heterocycles. The van der Waals surface area contributed by atoms with Gasteiger partial charge in [0.2, 0.25) is 0 Å². The monoisotopic (exact) mass is 311 g/mol. The fourth-order valence-electron chi connectivity index (χ4n) is 2.36. The first-order valence-corrected chi connectivity index (χ1v) is 7.93. The zero-order valence-electron chi connectivity index (χ0n) is 12.4. The van der Waals surface area contributed by atoms with Gasteiger partial charge in [-0.1, -0.05) is 0 Å². The zero-order valence-corrected chi connectivity index (χ0v) is 13.2. The summed E-state index contributed by atoms with van der Waals surface area (Å²) in [4.78, 5) is 26.5. The van der Waals surface area contributed by atoms with Crippen molar-refractivity contribution in [3.63, 3.8) is 0 Å². The van der Waals surface area contributed by atoms with Crippen molar-refractivity contribution in [3.05, 3.63) is 10.4 Å². The first-order valence-electron chi connectivity index (χ1n) is 7.12. The number of nitrogens with two attached hydrogens (primary N) is 1. The van der Waals surface area contributed by atoms with Crippen LogP contribution in [0.3, 0.4) is 0 Å². The molecule has 0 amide bonds. The summed E-state index contributed by atoms with van der Waals surface area (Å²) in [5.74, 6) is -0.576. The molecule has 1 saturated heterocycles. The lowest BCUT2D eigenvalue weighted by molar-refractivity contribution is 0.0529. The third-order valence-electron chi connectivity index (χ3n) is 3.35. The number of hydrogen-bond acceptors (Lipinski definition) is 7. The third kappa shape index (κ3) is 3.36. The Balaban J connectivity index is 2.44. The minimum Gasteiger partial charge on any atom is -0.462 e. The molecular formula is C14H21N3O3S. The van der Waals surface area contributed by atoms with Crippen LogP contribution in [0.15, 0.2) is 0 Å². The largest absolute Gasteiger partial charge is 0.462 e. The molecule has 2 heterocycles. The lowest BCUT2D eigenvalue weighted by Gasteiger charge is -2.21. The maximum absolute atomic E-state index is 12.2. The number of hydrogen-bond donors (Lipinski definition) is 2. The van der Waals surface area contributed by atoms with Gasteiger partial charge in [-0.25, -0.2) is 4.79 Å². The summed E-state index contributed by atoms with van der Waals surface area (Å²) in [5, 5.41) is 4.06. The number of ketones is 1. The molecule has 0 aliphatic carbocycles.